The minimum absolute atomic E-state index is 0.0200. The maximum absolute atomic E-state index is 12.0. The van der Waals surface area contributed by atoms with Crippen molar-refractivity contribution in [3.63, 3.8) is 0 Å². The second kappa shape index (κ2) is 6.10. The molecule has 0 aliphatic heterocycles. The number of hydrogen-bond donors (Lipinski definition) is 1. The van der Waals surface area contributed by atoms with E-state index in [2.05, 4.69) is 23.5 Å². The van der Waals surface area contributed by atoms with Crippen molar-refractivity contribution in [1.29, 1.82) is 0 Å². The summed E-state index contributed by atoms with van der Waals surface area (Å²) >= 11 is 0. The first kappa shape index (κ1) is 15.3. The van der Waals surface area contributed by atoms with Crippen LogP contribution in [0.2, 0.25) is 0 Å². The third-order valence-electron chi connectivity index (χ3n) is 3.61. The lowest BCUT2D eigenvalue weighted by Crippen LogP contribution is -2.41. The molecule has 1 atom stereocenters. The van der Waals surface area contributed by atoms with Crippen LogP contribution in [-0.4, -0.2) is 16.2 Å². The first-order chi connectivity index (χ1) is 9.92. The van der Waals surface area contributed by atoms with Crippen molar-refractivity contribution < 1.29 is 0 Å². The summed E-state index contributed by atoms with van der Waals surface area (Å²) in [5.74, 6) is 0. The number of rotatable bonds is 4. The molecule has 0 bridgehead atoms. The van der Waals surface area contributed by atoms with Gasteiger partial charge in [-0.15, -0.1) is 0 Å². The summed E-state index contributed by atoms with van der Waals surface area (Å²) in [6.45, 7) is 4.52. The number of likely N-dealkylation sites (N-methyl/N-ethyl adjacent to an activating group) is 1. The third-order valence-corrected chi connectivity index (χ3v) is 3.61. The van der Waals surface area contributed by atoms with Gasteiger partial charge in [0.25, 0.3) is 0 Å². The van der Waals surface area contributed by atoms with E-state index in [4.69, 9.17) is 0 Å². The minimum atomic E-state index is -0.507. The molecule has 1 heterocycles. The van der Waals surface area contributed by atoms with Gasteiger partial charge in [0, 0.05) is 26.0 Å². The molecule has 5 heteroatoms. The predicted molar refractivity (Wildman–Crippen MR) is 83.7 cm³/mol. The van der Waals surface area contributed by atoms with Crippen LogP contribution in [0.5, 0.6) is 0 Å². The molecule has 2 aromatic rings. The lowest BCUT2D eigenvalue weighted by Gasteiger charge is -2.19. The molecule has 1 unspecified atom stereocenters. The zero-order valence-corrected chi connectivity index (χ0v) is 12.9. The second-order valence-electron chi connectivity index (χ2n) is 5.43. The molecule has 21 heavy (non-hydrogen) atoms. The Balaban J connectivity index is 2.38. The molecule has 1 aromatic carbocycles. The lowest BCUT2D eigenvalue weighted by molar-refractivity contribution is 0.483. The van der Waals surface area contributed by atoms with E-state index >= 15 is 0 Å². The Hall–Kier alpha value is -2.14. The fourth-order valence-electron chi connectivity index (χ4n) is 2.50. The molecule has 1 aromatic heterocycles. The van der Waals surface area contributed by atoms with Gasteiger partial charge in [-0.25, -0.2) is 0 Å². The van der Waals surface area contributed by atoms with Gasteiger partial charge >= 0.3 is 11.1 Å². The van der Waals surface area contributed by atoms with Crippen LogP contribution in [0.15, 0.2) is 40.2 Å². The summed E-state index contributed by atoms with van der Waals surface area (Å²) in [6.07, 6.45) is 3.26. The van der Waals surface area contributed by atoms with Crippen LogP contribution < -0.4 is 16.4 Å². The van der Waals surface area contributed by atoms with E-state index < -0.39 is 11.1 Å². The molecule has 0 fully saturated rings. The van der Waals surface area contributed by atoms with Crippen molar-refractivity contribution in [1.82, 2.24) is 14.5 Å². The molecule has 0 aliphatic carbocycles. The molecular weight excluding hydrogens is 266 g/mol. The highest BCUT2D eigenvalue weighted by atomic mass is 16.2. The van der Waals surface area contributed by atoms with Gasteiger partial charge in [0.2, 0.25) is 0 Å². The van der Waals surface area contributed by atoms with E-state index in [1.165, 1.54) is 20.3 Å². The van der Waals surface area contributed by atoms with Gasteiger partial charge < -0.3 is 14.5 Å². The largest absolute Gasteiger partial charge is 0.316 e. The highest BCUT2D eigenvalue weighted by Crippen LogP contribution is 2.17. The zero-order valence-electron chi connectivity index (χ0n) is 12.9. The third kappa shape index (κ3) is 3.31. The molecule has 0 aliphatic rings. The van der Waals surface area contributed by atoms with E-state index in [1.54, 1.807) is 19.4 Å². The Morgan fingerprint density at radius 1 is 1.05 bits per heavy atom. The Bertz CT molecular complexity index is 739. The van der Waals surface area contributed by atoms with Gasteiger partial charge in [-0.1, -0.05) is 29.3 Å². The first-order valence-electron chi connectivity index (χ1n) is 6.94. The van der Waals surface area contributed by atoms with Gasteiger partial charge in [-0.3, -0.25) is 9.59 Å². The summed E-state index contributed by atoms with van der Waals surface area (Å²) in [5, 5.41) is 3.21. The number of aryl methyl sites for hydroxylation is 3. The van der Waals surface area contributed by atoms with Gasteiger partial charge in [0.05, 0.1) is 6.04 Å². The van der Waals surface area contributed by atoms with Crippen molar-refractivity contribution in [2.24, 2.45) is 7.05 Å². The lowest BCUT2D eigenvalue weighted by atomic mass is 10.0. The second-order valence-corrected chi connectivity index (χ2v) is 5.43. The molecule has 0 radical (unpaired) electrons. The topological polar surface area (TPSA) is 56.0 Å². The fourth-order valence-corrected chi connectivity index (χ4v) is 2.50. The average Bonchev–Trinajstić information content (AvgIpc) is 2.43. The number of benzene rings is 1. The average molecular weight is 287 g/mol. The SMILES string of the molecule is CNC(Cn1ccn(C)c(=O)c1=O)c1cc(C)cc(C)c1. The van der Waals surface area contributed by atoms with E-state index in [9.17, 15) is 9.59 Å². The summed E-state index contributed by atoms with van der Waals surface area (Å²) in [7, 11) is 3.43. The Morgan fingerprint density at radius 3 is 2.24 bits per heavy atom. The van der Waals surface area contributed by atoms with Crippen LogP contribution >= 0.6 is 0 Å². The van der Waals surface area contributed by atoms with Crippen molar-refractivity contribution >= 4 is 0 Å². The quantitative estimate of drug-likeness (QED) is 0.858. The molecule has 5 nitrogen and oxygen atoms in total. The molecule has 0 amide bonds. The molecule has 0 saturated heterocycles. The van der Waals surface area contributed by atoms with Crippen LogP contribution in [-0.2, 0) is 13.6 Å². The van der Waals surface area contributed by atoms with Crippen LogP contribution in [0.3, 0.4) is 0 Å². The zero-order chi connectivity index (χ0) is 15.6. The first-order valence-corrected chi connectivity index (χ1v) is 6.94. The van der Waals surface area contributed by atoms with E-state index in [1.807, 2.05) is 20.9 Å². The Labute approximate surface area is 123 Å². The smallest absolute Gasteiger partial charge is 0.312 e. The number of nitrogens with one attached hydrogen (secondary N) is 1. The predicted octanol–water partition coefficient (Wildman–Crippen LogP) is 1.12. The minimum Gasteiger partial charge on any atom is -0.312 e. The van der Waals surface area contributed by atoms with Crippen LogP contribution in [0.25, 0.3) is 0 Å². The van der Waals surface area contributed by atoms with E-state index in [-0.39, 0.29) is 6.04 Å². The summed E-state index contributed by atoms with van der Waals surface area (Å²) in [4.78, 5) is 23.7. The van der Waals surface area contributed by atoms with Crippen LogP contribution in [0.1, 0.15) is 22.7 Å². The van der Waals surface area contributed by atoms with Crippen molar-refractivity contribution in [3.05, 3.63) is 68.0 Å². The monoisotopic (exact) mass is 287 g/mol. The molecule has 0 saturated carbocycles. The highest BCUT2D eigenvalue weighted by Gasteiger charge is 2.13. The standard InChI is InChI=1S/C16H21N3O2/c1-11-7-12(2)9-13(8-11)14(17-3)10-19-6-5-18(4)15(20)16(19)21/h5-9,14,17H,10H2,1-4H3. The van der Waals surface area contributed by atoms with E-state index in [0.717, 1.165) is 5.56 Å². The molecular formula is C16H21N3O2. The summed E-state index contributed by atoms with van der Waals surface area (Å²) in [5.41, 5.74) is 2.48. The molecule has 2 rings (SSSR count). The van der Waals surface area contributed by atoms with Crippen molar-refractivity contribution in [2.45, 2.75) is 26.4 Å². The van der Waals surface area contributed by atoms with E-state index in [0.29, 0.717) is 6.54 Å². The fraction of sp³-hybridized carbons (Fsp3) is 0.375. The Kier molecular flexibility index (Phi) is 4.43. The van der Waals surface area contributed by atoms with Crippen molar-refractivity contribution in [3.8, 4) is 0 Å². The summed E-state index contributed by atoms with van der Waals surface area (Å²) < 4.78 is 2.76. The highest BCUT2D eigenvalue weighted by molar-refractivity contribution is 5.30. The number of nitrogens with zero attached hydrogens (tertiary/aromatic N) is 2. The number of aromatic nitrogens is 2. The molecule has 112 valence electrons. The van der Waals surface area contributed by atoms with Crippen LogP contribution in [0.4, 0.5) is 0 Å². The molecule has 0 spiro atoms. The van der Waals surface area contributed by atoms with Gasteiger partial charge in [-0.05, 0) is 26.5 Å². The maximum atomic E-state index is 12.0. The van der Waals surface area contributed by atoms with Gasteiger partial charge in [0.1, 0.15) is 0 Å². The van der Waals surface area contributed by atoms with Gasteiger partial charge in [-0.2, -0.15) is 0 Å². The maximum Gasteiger partial charge on any atom is 0.316 e. The molecule has 1 N–H and O–H groups in total. The van der Waals surface area contributed by atoms with Gasteiger partial charge in [0.15, 0.2) is 0 Å². The summed E-state index contributed by atoms with van der Waals surface area (Å²) in [6, 6.07) is 6.29. The number of hydrogen-bond acceptors (Lipinski definition) is 3. The Morgan fingerprint density at radius 2 is 1.67 bits per heavy atom. The van der Waals surface area contributed by atoms with Crippen molar-refractivity contribution in [2.75, 3.05) is 7.05 Å². The normalized spacial score (nSPS) is 12.4. The van der Waals surface area contributed by atoms with Crippen LogP contribution in [0, 0.1) is 13.8 Å².